The third kappa shape index (κ3) is 5.60. The SMILES string of the molecule is CCOc1ccc(N2C(=O)C[C@@H](SCCC(=O)Nc3c(C)cc(C)cc3Cl)C2=O)cc1. The Labute approximate surface area is 191 Å². The van der Waals surface area contributed by atoms with Crippen molar-refractivity contribution in [1.29, 1.82) is 0 Å². The van der Waals surface area contributed by atoms with Crippen LogP contribution in [-0.4, -0.2) is 35.3 Å². The van der Waals surface area contributed by atoms with E-state index in [1.165, 1.54) is 16.7 Å². The third-order valence-electron chi connectivity index (χ3n) is 4.86. The molecule has 1 atom stereocenters. The predicted octanol–water partition coefficient (Wildman–Crippen LogP) is 4.75. The molecule has 164 valence electrons. The van der Waals surface area contributed by atoms with Gasteiger partial charge in [0.2, 0.25) is 17.7 Å². The average molecular weight is 461 g/mol. The minimum Gasteiger partial charge on any atom is -0.494 e. The maximum Gasteiger partial charge on any atom is 0.247 e. The Morgan fingerprint density at radius 2 is 1.94 bits per heavy atom. The summed E-state index contributed by atoms with van der Waals surface area (Å²) < 4.78 is 5.40. The average Bonchev–Trinajstić information content (AvgIpc) is 2.99. The summed E-state index contributed by atoms with van der Waals surface area (Å²) in [7, 11) is 0. The standard InChI is InChI=1S/C23H25ClN2O4S/c1-4-30-17-7-5-16(6-8-17)26-21(28)13-19(23(26)29)31-10-9-20(27)25-22-15(3)11-14(2)12-18(22)24/h5-8,11-12,19H,4,9-10,13H2,1-3H3,(H,25,27)/t19-/m1/s1. The molecule has 3 amide bonds. The molecule has 1 aliphatic rings. The number of anilines is 2. The van der Waals surface area contributed by atoms with Crippen molar-refractivity contribution >= 4 is 52.5 Å². The van der Waals surface area contributed by atoms with E-state index in [1.807, 2.05) is 26.8 Å². The summed E-state index contributed by atoms with van der Waals surface area (Å²) >= 11 is 7.56. The first kappa shape index (κ1) is 23.2. The van der Waals surface area contributed by atoms with Crippen LogP contribution >= 0.6 is 23.4 Å². The van der Waals surface area contributed by atoms with Crippen molar-refractivity contribution in [3.05, 3.63) is 52.5 Å². The van der Waals surface area contributed by atoms with E-state index in [2.05, 4.69) is 5.32 Å². The number of thioether (sulfide) groups is 1. The number of hydrogen-bond donors (Lipinski definition) is 1. The summed E-state index contributed by atoms with van der Waals surface area (Å²) in [6.45, 7) is 6.27. The summed E-state index contributed by atoms with van der Waals surface area (Å²) in [5.41, 5.74) is 3.06. The maximum atomic E-state index is 12.7. The number of nitrogens with zero attached hydrogens (tertiary/aromatic N) is 1. The van der Waals surface area contributed by atoms with Crippen LogP contribution in [0.2, 0.25) is 5.02 Å². The molecule has 1 heterocycles. The van der Waals surface area contributed by atoms with Crippen molar-refractivity contribution in [1.82, 2.24) is 0 Å². The number of hydrogen-bond acceptors (Lipinski definition) is 5. The van der Waals surface area contributed by atoms with E-state index in [9.17, 15) is 14.4 Å². The Hall–Kier alpha value is -2.51. The van der Waals surface area contributed by atoms with Crippen LogP contribution in [0.15, 0.2) is 36.4 Å². The highest BCUT2D eigenvalue weighted by Gasteiger charge is 2.39. The monoisotopic (exact) mass is 460 g/mol. The molecule has 1 saturated heterocycles. The van der Waals surface area contributed by atoms with Crippen molar-refractivity contribution < 1.29 is 19.1 Å². The van der Waals surface area contributed by atoms with Crippen molar-refractivity contribution in [3.63, 3.8) is 0 Å². The lowest BCUT2D eigenvalue weighted by Gasteiger charge is -2.15. The van der Waals surface area contributed by atoms with Gasteiger partial charge in [0.25, 0.3) is 0 Å². The molecule has 31 heavy (non-hydrogen) atoms. The summed E-state index contributed by atoms with van der Waals surface area (Å²) in [5, 5.41) is 2.85. The molecule has 0 bridgehead atoms. The minimum atomic E-state index is -0.489. The zero-order valence-corrected chi connectivity index (χ0v) is 19.3. The van der Waals surface area contributed by atoms with Crippen LogP contribution in [0.25, 0.3) is 0 Å². The number of halogens is 1. The molecule has 3 rings (SSSR count). The Balaban J connectivity index is 1.54. The van der Waals surface area contributed by atoms with Crippen molar-refractivity contribution in [2.45, 2.75) is 38.9 Å². The highest BCUT2D eigenvalue weighted by molar-refractivity contribution is 8.00. The van der Waals surface area contributed by atoms with Crippen LogP contribution in [0.5, 0.6) is 5.75 Å². The normalized spacial score (nSPS) is 16.0. The number of carbonyl (C=O) groups excluding carboxylic acids is 3. The lowest BCUT2D eigenvalue weighted by molar-refractivity contribution is -0.121. The highest BCUT2D eigenvalue weighted by atomic mass is 35.5. The molecule has 0 spiro atoms. The number of imide groups is 1. The third-order valence-corrected chi connectivity index (χ3v) is 6.36. The lowest BCUT2D eigenvalue weighted by atomic mass is 10.1. The largest absolute Gasteiger partial charge is 0.494 e. The van der Waals surface area contributed by atoms with Gasteiger partial charge in [-0.1, -0.05) is 17.7 Å². The first-order chi connectivity index (χ1) is 14.8. The molecule has 0 aromatic heterocycles. The van der Waals surface area contributed by atoms with Gasteiger partial charge in [0.05, 0.1) is 28.3 Å². The molecule has 1 aliphatic heterocycles. The van der Waals surface area contributed by atoms with E-state index in [1.54, 1.807) is 30.3 Å². The van der Waals surface area contributed by atoms with E-state index < -0.39 is 5.25 Å². The van der Waals surface area contributed by atoms with Crippen LogP contribution in [0.1, 0.15) is 30.9 Å². The topological polar surface area (TPSA) is 75.7 Å². The molecule has 2 aromatic carbocycles. The molecular formula is C23H25ClN2O4S. The van der Waals surface area contributed by atoms with E-state index in [4.69, 9.17) is 16.3 Å². The van der Waals surface area contributed by atoms with Gasteiger partial charge in [0.1, 0.15) is 5.75 Å². The second kappa shape index (κ2) is 10.2. The molecule has 1 fully saturated rings. The molecular weight excluding hydrogens is 436 g/mol. The fourth-order valence-corrected chi connectivity index (χ4v) is 4.90. The summed E-state index contributed by atoms with van der Waals surface area (Å²) in [6, 6.07) is 10.6. The zero-order chi connectivity index (χ0) is 22.5. The number of carbonyl (C=O) groups is 3. The molecule has 0 aliphatic carbocycles. The predicted molar refractivity (Wildman–Crippen MR) is 125 cm³/mol. The van der Waals surface area contributed by atoms with Crippen LogP contribution < -0.4 is 15.0 Å². The lowest BCUT2D eigenvalue weighted by Crippen LogP contribution is -2.31. The molecule has 0 unspecified atom stereocenters. The van der Waals surface area contributed by atoms with Gasteiger partial charge >= 0.3 is 0 Å². The first-order valence-corrected chi connectivity index (χ1v) is 11.5. The van der Waals surface area contributed by atoms with Gasteiger partial charge in [-0.05, 0) is 62.2 Å². The molecule has 8 heteroatoms. The van der Waals surface area contributed by atoms with Gasteiger partial charge in [-0.2, -0.15) is 0 Å². The van der Waals surface area contributed by atoms with Gasteiger partial charge in [-0.15, -0.1) is 11.8 Å². The molecule has 2 aromatic rings. The number of rotatable bonds is 8. The smallest absolute Gasteiger partial charge is 0.247 e. The number of amides is 3. The number of nitrogens with one attached hydrogen (secondary N) is 1. The zero-order valence-electron chi connectivity index (χ0n) is 17.7. The second-order valence-corrected chi connectivity index (χ2v) is 9.01. The Morgan fingerprint density at radius 1 is 1.23 bits per heavy atom. The Kier molecular flexibility index (Phi) is 7.62. The maximum absolute atomic E-state index is 12.7. The van der Waals surface area contributed by atoms with Gasteiger partial charge in [-0.3, -0.25) is 14.4 Å². The van der Waals surface area contributed by atoms with Gasteiger partial charge < -0.3 is 10.1 Å². The van der Waals surface area contributed by atoms with Crippen molar-refractivity contribution in [2.75, 3.05) is 22.6 Å². The molecule has 1 N–H and O–H groups in total. The fourth-order valence-electron chi connectivity index (χ4n) is 3.43. The van der Waals surface area contributed by atoms with Crippen LogP contribution in [-0.2, 0) is 14.4 Å². The Bertz CT molecular complexity index is 971. The van der Waals surface area contributed by atoms with Gasteiger partial charge in [0.15, 0.2) is 0 Å². The van der Waals surface area contributed by atoms with Crippen molar-refractivity contribution in [3.8, 4) is 5.75 Å². The van der Waals surface area contributed by atoms with Crippen LogP contribution in [0.4, 0.5) is 11.4 Å². The summed E-state index contributed by atoms with van der Waals surface area (Å²) in [4.78, 5) is 38.7. The molecule has 0 saturated carbocycles. The van der Waals surface area contributed by atoms with Crippen molar-refractivity contribution in [2.24, 2.45) is 0 Å². The van der Waals surface area contributed by atoms with E-state index in [0.29, 0.717) is 34.5 Å². The number of benzene rings is 2. The molecule has 6 nitrogen and oxygen atoms in total. The number of ether oxygens (including phenoxy) is 1. The van der Waals surface area contributed by atoms with E-state index >= 15 is 0 Å². The second-order valence-electron chi connectivity index (χ2n) is 7.29. The van der Waals surface area contributed by atoms with Crippen LogP contribution in [0.3, 0.4) is 0 Å². The Morgan fingerprint density at radius 3 is 2.58 bits per heavy atom. The van der Waals surface area contributed by atoms with E-state index in [0.717, 1.165) is 11.1 Å². The summed E-state index contributed by atoms with van der Waals surface area (Å²) in [6.07, 6.45) is 0.344. The minimum absolute atomic E-state index is 0.126. The van der Waals surface area contributed by atoms with E-state index in [-0.39, 0.29) is 30.6 Å². The highest BCUT2D eigenvalue weighted by Crippen LogP contribution is 2.31. The first-order valence-electron chi connectivity index (χ1n) is 10.1. The fraction of sp³-hybridized carbons (Fsp3) is 0.348. The van der Waals surface area contributed by atoms with Gasteiger partial charge in [0, 0.05) is 18.6 Å². The molecule has 0 radical (unpaired) electrons. The summed E-state index contributed by atoms with van der Waals surface area (Å²) in [5.74, 6) is 0.442. The van der Waals surface area contributed by atoms with Crippen LogP contribution in [0, 0.1) is 13.8 Å². The number of aryl methyl sites for hydroxylation is 2. The quantitative estimate of drug-likeness (QED) is 0.575. The van der Waals surface area contributed by atoms with Gasteiger partial charge in [-0.25, -0.2) is 4.90 Å².